The second-order valence-electron chi connectivity index (χ2n) is 7.36. The van der Waals surface area contributed by atoms with Crippen LogP contribution in [0.5, 0.6) is 5.75 Å². The van der Waals surface area contributed by atoms with E-state index >= 15 is 0 Å². The van der Waals surface area contributed by atoms with Crippen LogP contribution in [0.3, 0.4) is 0 Å². The molecule has 0 fully saturated rings. The van der Waals surface area contributed by atoms with Gasteiger partial charge in [0.15, 0.2) is 0 Å². The van der Waals surface area contributed by atoms with Crippen molar-refractivity contribution in [1.82, 2.24) is 16.0 Å². The number of aliphatic hydroxyl groups is 1. The number of aliphatic hydroxyl groups excluding tert-OH is 1. The Hall–Kier alpha value is -3.71. The standard InChI is InChI=1S/C20H29N5O8/c1-10(23-18(30)13(21)8-11-2-4-12(27)5-3-11)17(29)24-14(6-7-16(22)28)19(31)25-15(9-26)20(32)33/h2-5,10,13-15,26-27H,6-9,21H2,1H3,(H2,22,28)(H,23,30)(H,24,29)(H,25,31)(H,32,33). The van der Waals surface area contributed by atoms with Crippen LogP contribution in [-0.4, -0.2) is 75.7 Å². The third-order valence-corrected chi connectivity index (χ3v) is 4.59. The molecule has 0 saturated carbocycles. The molecule has 4 unspecified atom stereocenters. The van der Waals surface area contributed by atoms with Crippen LogP contribution in [0.15, 0.2) is 24.3 Å². The zero-order valence-corrected chi connectivity index (χ0v) is 18.0. The Kier molecular flexibility index (Phi) is 10.7. The molecule has 10 N–H and O–H groups in total. The fourth-order valence-corrected chi connectivity index (χ4v) is 2.67. The molecule has 0 aliphatic rings. The van der Waals surface area contributed by atoms with E-state index in [1.807, 2.05) is 5.32 Å². The first-order valence-electron chi connectivity index (χ1n) is 10.0. The van der Waals surface area contributed by atoms with Crippen LogP contribution < -0.4 is 27.4 Å². The third-order valence-electron chi connectivity index (χ3n) is 4.59. The van der Waals surface area contributed by atoms with Crippen molar-refractivity contribution >= 4 is 29.6 Å². The summed E-state index contributed by atoms with van der Waals surface area (Å²) in [5, 5.41) is 34.1. The maximum absolute atomic E-state index is 12.5. The first-order chi connectivity index (χ1) is 15.4. The number of benzene rings is 1. The zero-order chi connectivity index (χ0) is 25.1. The maximum atomic E-state index is 12.5. The molecule has 182 valence electrons. The molecule has 1 rings (SSSR count). The second kappa shape index (κ2) is 13.0. The molecule has 0 heterocycles. The Morgan fingerprint density at radius 3 is 2.03 bits per heavy atom. The highest BCUT2D eigenvalue weighted by Crippen LogP contribution is 2.11. The molecule has 0 aliphatic heterocycles. The summed E-state index contributed by atoms with van der Waals surface area (Å²) in [4.78, 5) is 59.3. The quantitative estimate of drug-likeness (QED) is 0.148. The molecule has 4 atom stereocenters. The van der Waals surface area contributed by atoms with E-state index in [-0.39, 0.29) is 25.0 Å². The largest absolute Gasteiger partial charge is 0.508 e. The molecular weight excluding hydrogens is 438 g/mol. The van der Waals surface area contributed by atoms with Crippen molar-refractivity contribution < 1.29 is 39.3 Å². The van der Waals surface area contributed by atoms with E-state index in [9.17, 15) is 29.1 Å². The van der Waals surface area contributed by atoms with Crippen molar-refractivity contribution in [3.8, 4) is 5.75 Å². The highest BCUT2D eigenvalue weighted by atomic mass is 16.4. The van der Waals surface area contributed by atoms with Gasteiger partial charge in [0.05, 0.1) is 12.6 Å². The van der Waals surface area contributed by atoms with Gasteiger partial charge < -0.3 is 42.7 Å². The van der Waals surface area contributed by atoms with Crippen molar-refractivity contribution in [1.29, 1.82) is 0 Å². The molecule has 0 aliphatic carbocycles. The minimum Gasteiger partial charge on any atom is -0.508 e. The molecule has 0 spiro atoms. The second-order valence-corrected chi connectivity index (χ2v) is 7.36. The molecule has 33 heavy (non-hydrogen) atoms. The van der Waals surface area contributed by atoms with Gasteiger partial charge in [0.2, 0.25) is 23.6 Å². The van der Waals surface area contributed by atoms with E-state index in [0.717, 1.165) is 0 Å². The Morgan fingerprint density at radius 1 is 0.939 bits per heavy atom. The van der Waals surface area contributed by atoms with Crippen molar-refractivity contribution in [2.75, 3.05) is 6.61 Å². The number of rotatable bonds is 13. The summed E-state index contributed by atoms with van der Waals surface area (Å²) in [6, 6.07) is 0.996. The monoisotopic (exact) mass is 467 g/mol. The summed E-state index contributed by atoms with van der Waals surface area (Å²) in [7, 11) is 0. The minimum atomic E-state index is -1.61. The van der Waals surface area contributed by atoms with Crippen LogP contribution in [0.4, 0.5) is 0 Å². The number of amides is 4. The molecule has 0 bridgehead atoms. The molecule has 13 nitrogen and oxygen atoms in total. The van der Waals surface area contributed by atoms with Gasteiger partial charge in [-0.25, -0.2) is 4.79 Å². The topological polar surface area (TPSA) is 234 Å². The number of carboxylic acid groups (broad SMARTS) is 1. The fourth-order valence-electron chi connectivity index (χ4n) is 2.67. The summed E-state index contributed by atoms with van der Waals surface area (Å²) >= 11 is 0. The summed E-state index contributed by atoms with van der Waals surface area (Å²) in [5.74, 6) is -4.57. The van der Waals surface area contributed by atoms with Gasteiger partial charge in [0.25, 0.3) is 0 Å². The molecule has 1 aromatic carbocycles. The molecule has 1 aromatic rings. The Balaban J connectivity index is 2.74. The summed E-state index contributed by atoms with van der Waals surface area (Å²) < 4.78 is 0. The van der Waals surface area contributed by atoms with Gasteiger partial charge >= 0.3 is 5.97 Å². The Labute approximate surface area is 189 Å². The first kappa shape index (κ1) is 27.3. The van der Waals surface area contributed by atoms with Gasteiger partial charge in [-0.2, -0.15) is 0 Å². The van der Waals surface area contributed by atoms with Crippen LogP contribution in [0.25, 0.3) is 0 Å². The first-order valence-corrected chi connectivity index (χ1v) is 10.0. The van der Waals surface area contributed by atoms with Crippen LogP contribution in [0.1, 0.15) is 25.3 Å². The molecule has 0 aromatic heterocycles. The number of nitrogens with two attached hydrogens (primary N) is 2. The summed E-state index contributed by atoms with van der Waals surface area (Å²) in [6.45, 7) is 0.459. The third kappa shape index (κ3) is 9.53. The lowest BCUT2D eigenvalue weighted by molar-refractivity contribution is -0.143. The van der Waals surface area contributed by atoms with Crippen molar-refractivity contribution in [2.24, 2.45) is 11.5 Å². The lowest BCUT2D eigenvalue weighted by atomic mass is 10.1. The van der Waals surface area contributed by atoms with E-state index in [1.54, 1.807) is 12.1 Å². The average molecular weight is 467 g/mol. The number of aromatic hydroxyl groups is 1. The number of carbonyl (C=O) groups excluding carboxylic acids is 4. The van der Waals surface area contributed by atoms with Gasteiger partial charge in [0.1, 0.15) is 23.9 Å². The predicted molar refractivity (Wildman–Crippen MR) is 114 cm³/mol. The van der Waals surface area contributed by atoms with Gasteiger partial charge in [-0.3, -0.25) is 19.2 Å². The fraction of sp³-hybridized carbons (Fsp3) is 0.450. The number of nitrogens with one attached hydrogen (secondary N) is 3. The highest BCUT2D eigenvalue weighted by Gasteiger charge is 2.28. The summed E-state index contributed by atoms with van der Waals surface area (Å²) in [6.07, 6.45) is -0.374. The maximum Gasteiger partial charge on any atom is 0.328 e. The van der Waals surface area contributed by atoms with E-state index in [2.05, 4.69) is 10.6 Å². The molecule has 0 radical (unpaired) electrons. The lowest BCUT2D eigenvalue weighted by Crippen LogP contribution is -2.57. The smallest absolute Gasteiger partial charge is 0.328 e. The number of carboxylic acids is 1. The van der Waals surface area contributed by atoms with Crippen molar-refractivity contribution in [3.63, 3.8) is 0 Å². The normalized spacial score (nSPS) is 14.3. The van der Waals surface area contributed by atoms with E-state index < -0.39 is 60.4 Å². The van der Waals surface area contributed by atoms with Crippen LogP contribution in [0, 0.1) is 0 Å². The number of phenols is 1. The van der Waals surface area contributed by atoms with Crippen LogP contribution >= 0.6 is 0 Å². The van der Waals surface area contributed by atoms with Gasteiger partial charge in [-0.1, -0.05) is 12.1 Å². The van der Waals surface area contributed by atoms with E-state index in [4.69, 9.17) is 21.7 Å². The number of phenolic OH excluding ortho intramolecular Hbond substituents is 1. The Morgan fingerprint density at radius 2 is 1.52 bits per heavy atom. The van der Waals surface area contributed by atoms with Crippen molar-refractivity contribution in [2.45, 2.75) is 50.4 Å². The highest BCUT2D eigenvalue weighted by molar-refractivity contribution is 5.94. The molecule has 0 saturated heterocycles. The number of hydrogen-bond acceptors (Lipinski definition) is 8. The van der Waals surface area contributed by atoms with Gasteiger partial charge in [-0.05, 0) is 37.5 Å². The summed E-state index contributed by atoms with van der Waals surface area (Å²) in [5.41, 5.74) is 11.6. The predicted octanol–water partition coefficient (Wildman–Crippen LogP) is -2.92. The lowest BCUT2D eigenvalue weighted by Gasteiger charge is -2.23. The van der Waals surface area contributed by atoms with Gasteiger partial charge in [0, 0.05) is 6.42 Å². The zero-order valence-electron chi connectivity index (χ0n) is 18.0. The number of hydrogen-bond donors (Lipinski definition) is 8. The van der Waals surface area contributed by atoms with Gasteiger partial charge in [-0.15, -0.1) is 0 Å². The SMILES string of the molecule is CC(NC(=O)C(N)Cc1ccc(O)cc1)C(=O)NC(CCC(N)=O)C(=O)NC(CO)C(=O)O. The number of carbonyl (C=O) groups is 5. The van der Waals surface area contributed by atoms with E-state index in [0.29, 0.717) is 5.56 Å². The van der Waals surface area contributed by atoms with E-state index in [1.165, 1.54) is 19.1 Å². The Bertz CT molecular complexity index is 861. The van der Waals surface area contributed by atoms with Crippen molar-refractivity contribution in [3.05, 3.63) is 29.8 Å². The van der Waals surface area contributed by atoms with Crippen LogP contribution in [0.2, 0.25) is 0 Å². The van der Waals surface area contributed by atoms with Crippen LogP contribution in [-0.2, 0) is 30.4 Å². The molecule has 13 heteroatoms. The number of aliphatic carboxylic acids is 1. The number of primary amides is 1. The average Bonchev–Trinajstić information content (AvgIpc) is 2.75. The molecule has 4 amide bonds. The molecular formula is C20H29N5O8. The minimum absolute atomic E-state index is 0.0608.